The van der Waals surface area contributed by atoms with Crippen LogP contribution in [-0.2, 0) is 11.2 Å². The van der Waals surface area contributed by atoms with Gasteiger partial charge in [-0.05, 0) is 60.9 Å². The number of nitrogens with one attached hydrogen (secondary N) is 2. The number of benzene rings is 2. The first-order chi connectivity index (χ1) is 14.5. The third kappa shape index (κ3) is 3.47. The van der Waals surface area contributed by atoms with Crippen LogP contribution in [0.5, 0.6) is 0 Å². The summed E-state index contributed by atoms with van der Waals surface area (Å²) in [6.07, 6.45) is 1.32. The van der Waals surface area contributed by atoms with Gasteiger partial charge in [0.05, 0.1) is 0 Å². The number of fused-ring (bicyclic) bond motifs is 2. The minimum absolute atomic E-state index is 0.0475. The second kappa shape index (κ2) is 7.47. The van der Waals surface area contributed by atoms with Crippen molar-refractivity contribution in [3.63, 3.8) is 0 Å². The highest BCUT2D eigenvalue weighted by atomic mass is 79.9. The van der Waals surface area contributed by atoms with Gasteiger partial charge in [-0.2, -0.15) is 0 Å². The lowest BCUT2D eigenvalue weighted by Crippen LogP contribution is -2.49. The molecule has 0 saturated carbocycles. The standard InChI is InChI=1S/C23H23BrN4O2/c1-14-10-18(12-15-2-5-21(29)26-22(14)15)27-6-8-28(9-7-27)23(30)20-13-16-11-17(24)3-4-19(16)25-20/h3-4,10-13,25H,2,5-9H2,1H3,(H,26,29). The van der Waals surface area contributed by atoms with Crippen LogP contribution in [0.3, 0.4) is 0 Å². The number of piperazine rings is 1. The van der Waals surface area contributed by atoms with E-state index in [-0.39, 0.29) is 11.8 Å². The Morgan fingerprint density at radius 3 is 2.63 bits per heavy atom. The Morgan fingerprint density at radius 2 is 1.83 bits per heavy atom. The van der Waals surface area contributed by atoms with E-state index in [0.717, 1.165) is 46.1 Å². The number of aromatic amines is 1. The predicted molar refractivity (Wildman–Crippen MR) is 122 cm³/mol. The van der Waals surface area contributed by atoms with Gasteiger partial charge in [-0.15, -0.1) is 0 Å². The fraction of sp³-hybridized carbons (Fsp3) is 0.304. The molecule has 1 aromatic heterocycles. The fourth-order valence-electron chi connectivity index (χ4n) is 4.41. The molecule has 0 aliphatic carbocycles. The van der Waals surface area contributed by atoms with Crippen molar-refractivity contribution >= 4 is 50.0 Å². The number of carbonyl (C=O) groups is 2. The summed E-state index contributed by atoms with van der Waals surface area (Å²) in [5.74, 6) is 0.140. The lowest BCUT2D eigenvalue weighted by Gasteiger charge is -2.36. The van der Waals surface area contributed by atoms with E-state index < -0.39 is 0 Å². The van der Waals surface area contributed by atoms with Crippen molar-refractivity contribution < 1.29 is 9.59 Å². The first-order valence-electron chi connectivity index (χ1n) is 10.2. The van der Waals surface area contributed by atoms with Crippen LogP contribution in [-0.4, -0.2) is 47.9 Å². The molecule has 0 atom stereocenters. The van der Waals surface area contributed by atoms with E-state index in [4.69, 9.17) is 0 Å². The van der Waals surface area contributed by atoms with E-state index in [1.807, 2.05) is 36.1 Å². The van der Waals surface area contributed by atoms with Crippen molar-refractivity contribution in [2.24, 2.45) is 0 Å². The van der Waals surface area contributed by atoms with Crippen LogP contribution in [0.15, 0.2) is 40.9 Å². The number of amides is 2. The van der Waals surface area contributed by atoms with Crippen LogP contribution in [0.25, 0.3) is 10.9 Å². The second-order valence-corrected chi connectivity index (χ2v) is 8.95. The molecule has 2 N–H and O–H groups in total. The molecule has 6 nitrogen and oxygen atoms in total. The Kier molecular flexibility index (Phi) is 4.77. The SMILES string of the molecule is Cc1cc(N2CCN(C(=O)c3cc4cc(Br)ccc4[nH]3)CC2)cc2c1NC(=O)CC2. The molecule has 0 unspecified atom stereocenters. The van der Waals surface area contributed by atoms with Gasteiger partial charge < -0.3 is 20.1 Å². The highest BCUT2D eigenvalue weighted by Gasteiger charge is 2.25. The van der Waals surface area contributed by atoms with Gasteiger partial charge >= 0.3 is 0 Å². The molecule has 3 heterocycles. The number of anilines is 2. The van der Waals surface area contributed by atoms with Gasteiger partial charge in [0.2, 0.25) is 5.91 Å². The zero-order valence-corrected chi connectivity index (χ0v) is 18.4. The molecule has 2 aliphatic rings. The summed E-state index contributed by atoms with van der Waals surface area (Å²) in [5.41, 5.74) is 6.04. The highest BCUT2D eigenvalue weighted by molar-refractivity contribution is 9.10. The number of carbonyl (C=O) groups excluding carboxylic acids is 2. The Balaban J connectivity index is 1.29. The summed E-state index contributed by atoms with van der Waals surface area (Å²) in [6, 6.07) is 12.2. The molecule has 2 aromatic carbocycles. The molecule has 1 fully saturated rings. The van der Waals surface area contributed by atoms with E-state index >= 15 is 0 Å². The average Bonchev–Trinajstić information content (AvgIpc) is 3.17. The van der Waals surface area contributed by atoms with E-state index in [1.54, 1.807) is 0 Å². The summed E-state index contributed by atoms with van der Waals surface area (Å²) in [7, 11) is 0. The Bertz CT molecular complexity index is 1160. The van der Waals surface area contributed by atoms with Crippen molar-refractivity contribution in [1.82, 2.24) is 9.88 Å². The van der Waals surface area contributed by atoms with Crippen LogP contribution < -0.4 is 10.2 Å². The number of hydrogen-bond acceptors (Lipinski definition) is 3. The molecule has 0 spiro atoms. The molecular weight excluding hydrogens is 444 g/mol. The monoisotopic (exact) mass is 466 g/mol. The minimum Gasteiger partial charge on any atom is -0.368 e. The van der Waals surface area contributed by atoms with Crippen molar-refractivity contribution in [1.29, 1.82) is 0 Å². The van der Waals surface area contributed by atoms with E-state index in [9.17, 15) is 9.59 Å². The molecule has 1 saturated heterocycles. The average molecular weight is 467 g/mol. The van der Waals surface area contributed by atoms with Crippen LogP contribution in [0.1, 0.15) is 28.0 Å². The van der Waals surface area contributed by atoms with Gasteiger partial charge in [0.25, 0.3) is 5.91 Å². The molecule has 0 bridgehead atoms. The number of aromatic nitrogens is 1. The van der Waals surface area contributed by atoms with E-state index in [1.165, 1.54) is 11.3 Å². The van der Waals surface area contributed by atoms with Gasteiger partial charge in [-0.1, -0.05) is 15.9 Å². The number of rotatable bonds is 2. The number of H-pyrrole nitrogens is 1. The molecule has 0 radical (unpaired) electrons. The molecule has 30 heavy (non-hydrogen) atoms. The Hall–Kier alpha value is -2.80. The molecule has 2 amide bonds. The molecular formula is C23H23BrN4O2. The van der Waals surface area contributed by atoms with E-state index in [0.29, 0.717) is 25.2 Å². The van der Waals surface area contributed by atoms with Crippen LogP contribution in [0.2, 0.25) is 0 Å². The molecule has 3 aromatic rings. The van der Waals surface area contributed by atoms with Gasteiger partial charge in [0.15, 0.2) is 0 Å². The van der Waals surface area contributed by atoms with E-state index in [2.05, 4.69) is 43.3 Å². The smallest absolute Gasteiger partial charge is 0.270 e. The van der Waals surface area contributed by atoms with Gasteiger partial charge in [-0.3, -0.25) is 9.59 Å². The summed E-state index contributed by atoms with van der Waals surface area (Å²) in [6.45, 7) is 5.00. The topological polar surface area (TPSA) is 68.4 Å². The van der Waals surface area contributed by atoms with Crippen LogP contribution in [0, 0.1) is 6.92 Å². The Labute approximate surface area is 183 Å². The number of halogens is 1. The highest BCUT2D eigenvalue weighted by Crippen LogP contribution is 2.32. The largest absolute Gasteiger partial charge is 0.368 e. The number of aryl methyl sites for hydroxylation is 2. The first-order valence-corrected chi connectivity index (χ1v) is 11.0. The van der Waals surface area contributed by atoms with Crippen LogP contribution >= 0.6 is 15.9 Å². The van der Waals surface area contributed by atoms with Crippen molar-refractivity contribution in [3.8, 4) is 0 Å². The number of nitrogens with zero attached hydrogens (tertiary/aromatic N) is 2. The quantitative estimate of drug-likeness (QED) is 0.597. The fourth-order valence-corrected chi connectivity index (χ4v) is 4.78. The third-order valence-corrected chi connectivity index (χ3v) is 6.53. The van der Waals surface area contributed by atoms with Crippen molar-refractivity contribution in [2.75, 3.05) is 36.4 Å². The summed E-state index contributed by atoms with van der Waals surface area (Å²) in [5, 5.41) is 4.03. The maximum absolute atomic E-state index is 13.0. The normalized spacial score (nSPS) is 16.5. The first kappa shape index (κ1) is 19.2. The molecule has 5 rings (SSSR count). The second-order valence-electron chi connectivity index (χ2n) is 8.04. The maximum Gasteiger partial charge on any atom is 0.270 e. The van der Waals surface area contributed by atoms with Gasteiger partial charge in [-0.25, -0.2) is 0 Å². The molecule has 7 heteroatoms. The van der Waals surface area contributed by atoms with Gasteiger partial charge in [0, 0.05) is 59.4 Å². The van der Waals surface area contributed by atoms with Crippen LogP contribution in [0.4, 0.5) is 11.4 Å². The molecule has 2 aliphatic heterocycles. The van der Waals surface area contributed by atoms with Crippen molar-refractivity contribution in [2.45, 2.75) is 19.8 Å². The van der Waals surface area contributed by atoms with Gasteiger partial charge in [0.1, 0.15) is 5.69 Å². The zero-order chi connectivity index (χ0) is 20.8. The zero-order valence-electron chi connectivity index (χ0n) is 16.8. The maximum atomic E-state index is 13.0. The lowest BCUT2D eigenvalue weighted by atomic mass is 9.98. The summed E-state index contributed by atoms with van der Waals surface area (Å²) in [4.78, 5) is 32.2. The summed E-state index contributed by atoms with van der Waals surface area (Å²) >= 11 is 3.48. The minimum atomic E-state index is 0.0475. The summed E-state index contributed by atoms with van der Waals surface area (Å²) < 4.78 is 1.00. The molecule has 154 valence electrons. The lowest BCUT2D eigenvalue weighted by molar-refractivity contribution is -0.116. The Morgan fingerprint density at radius 1 is 1.03 bits per heavy atom. The number of hydrogen-bond donors (Lipinski definition) is 2. The predicted octanol–water partition coefficient (Wildman–Crippen LogP) is 4.09. The third-order valence-electron chi connectivity index (χ3n) is 6.03. The van der Waals surface area contributed by atoms with Crippen molar-refractivity contribution in [3.05, 3.63) is 57.7 Å².